The van der Waals surface area contributed by atoms with Crippen molar-refractivity contribution in [1.29, 1.82) is 0 Å². The number of anilines is 2. The highest BCUT2D eigenvalue weighted by atomic mass is 19.1. The Morgan fingerprint density at radius 1 is 0.939 bits per heavy atom. The van der Waals surface area contributed by atoms with Gasteiger partial charge in [-0.3, -0.25) is 9.59 Å². The fourth-order valence-corrected chi connectivity index (χ4v) is 3.39. The fourth-order valence-electron chi connectivity index (χ4n) is 3.39. The van der Waals surface area contributed by atoms with Gasteiger partial charge in [-0.2, -0.15) is 0 Å². The van der Waals surface area contributed by atoms with E-state index in [1.165, 1.54) is 38.5 Å². The zero-order valence-electron chi connectivity index (χ0n) is 18.0. The van der Waals surface area contributed by atoms with Crippen LogP contribution >= 0.6 is 0 Å². The van der Waals surface area contributed by atoms with Crippen LogP contribution in [0, 0.1) is 5.82 Å². The van der Waals surface area contributed by atoms with Gasteiger partial charge in [-0.25, -0.2) is 4.39 Å². The smallest absolute Gasteiger partial charge is 0.293 e. The number of methoxy groups -OCH3 is 2. The minimum atomic E-state index is -0.574. The molecule has 2 N–H and O–H groups in total. The predicted octanol–water partition coefficient (Wildman–Crippen LogP) is 5.02. The van der Waals surface area contributed by atoms with Gasteiger partial charge in [-0.05, 0) is 42.0 Å². The molecule has 4 rings (SSSR count). The maximum absolute atomic E-state index is 13.2. The van der Waals surface area contributed by atoms with Gasteiger partial charge < -0.3 is 24.5 Å². The van der Waals surface area contributed by atoms with E-state index in [1.807, 2.05) is 0 Å². The number of halogens is 1. The molecule has 0 bridgehead atoms. The molecular formula is C25H21FN2O5. The Labute approximate surface area is 189 Å². The summed E-state index contributed by atoms with van der Waals surface area (Å²) in [5.74, 6) is -0.429. The molecule has 0 atom stereocenters. The second-order valence-electron chi connectivity index (χ2n) is 7.17. The summed E-state index contributed by atoms with van der Waals surface area (Å²) in [4.78, 5) is 25.9. The van der Waals surface area contributed by atoms with Crippen LogP contribution < -0.4 is 20.1 Å². The summed E-state index contributed by atoms with van der Waals surface area (Å²) in [6.45, 7) is 0. The molecule has 0 aliphatic carbocycles. The Morgan fingerprint density at radius 3 is 2.42 bits per heavy atom. The van der Waals surface area contributed by atoms with E-state index in [-0.39, 0.29) is 29.6 Å². The van der Waals surface area contributed by atoms with Crippen LogP contribution in [0.5, 0.6) is 11.5 Å². The predicted molar refractivity (Wildman–Crippen MR) is 122 cm³/mol. The van der Waals surface area contributed by atoms with Gasteiger partial charge in [0.15, 0.2) is 0 Å². The number of ether oxygens (including phenoxy) is 2. The first-order valence-electron chi connectivity index (χ1n) is 10.1. The van der Waals surface area contributed by atoms with Gasteiger partial charge >= 0.3 is 0 Å². The Morgan fingerprint density at radius 2 is 1.70 bits per heavy atom. The van der Waals surface area contributed by atoms with Crippen molar-refractivity contribution >= 4 is 34.2 Å². The summed E-state index contributed by atoms with van der Waals surface area (Å²) in [5.41, 5.74) is 1.70. The van der Waals surface area contributed by atoms with E-state index in [0.29, 0.717) is 33.7 Å². The average molecular weight is 448 g/mol. The molecule has 0 spiro atoms. The number of furan rings is 1. The summed E-state index contributed by atoms with van der Waals surface area (Å²) in [6, 6.07) is 17.6. The highest BCUT2D eigenvalue weighted by molar-refractivity contribution is 6.15. The van der Waals surface area contributed by atoms with Crippen LogP contribution in [-0.4, -0.2) is 26.0 Å². The lowest BCUT2D eigenvalue weighted by Crippen LogP contribution is -2.18. The number of hydrogen-bond donors (Lipinski definition) is 2. The normalized spacial score (nSPS) is 10.6. The van der Waals surface area contributed by atoms with E-state index in [4.69, 9.17) is 13.9 Å². The molecule has 7 nitrogen and oxygen atoms in total. The van der Waals surface area contributed by atoms with Gasteiger partial charge in [0.1, 0.15) is 28.6 Å². The lowest BCUT2D eigenvalue weighted by Gasteiger charge is -2.12. The number of benzene rings is 3. The Kier molecular flexibility index (Phi) is 6.26. The molecule has 0 aliphatic rings. The molecule has 0 unspecified atom stereocenters. The molecule has 3 aromatic carbocycles. The third-order valence-corrected chi connectivity index (χ3v) is 5.00. The second-order valence-corrected chi connectivity index (χ2v) is 7.17. The zero-order valence-corrected chi connectivity index (χ0v) is 18.0. The van der Waals surface area contributed by atoms with E-state index in [2.05, 4.69) is 10.6 Å². The number of fused-ring (bicyclic) bond motifs is 1. The van der Waals surface area contributed by atoms with Crippen LogP contribution in [0.3, 0.4) is 0 Å². The molecule has 0 saturated carbocycles. The van der Waals surface area contributed by atoms with Crippen LogP contribution in [0.15, 0.2) is 71.1 Å². The van der Waals surface area contributed by atoms with Gasteiger partial charge in [-0.1, -0.05) is 24.3 Å². The standard InChI is InChI=1S/C25H21FN2O5/c1-31-17-11-12-21(32-2)19(14-17)27-25(30)24-23(18-5-3-4-6-20(18)33-24)28-22(29)13-15-7-9-16(26)10-8-15/h3-12,14H,13H2,1-2H3,(H,27,30)(H,28,29). The zero-order chi connectivity index (χ0) is 23.4. The SMILES string of the molecule is COc1ccc(OC)c(NC(=O)c2oc3ccccc3c2NC(=O)Cc2ccc(F)cc2)c1. The summed E-state index contributed by atoms with van der Waals surface area (Å²) < 4.78 is 29.5. The minimum absolute atomic E-state index is 0.00452. The lowest BCUT2D eigenvalue weighted by atomic mass is 10.1. The Hall–Kier alpha value is -4.33. The van der Waals surface area contributed by atoms with Crippen LogP contribution in [0.25, 0.3) is 11.0 Å². The fraction of sp³-hybridized carbons (Fsp3) is 0.120. The van der Waals surface area contributed by atoms with Crippen LogP contribution in [0.1, 0.15) is 16.1 Å². The van der Waals surface area contributed by atoms with Gasteiger partial charge in [0.2, 0.25) is 11.7 Å². The van der Waals surface area contributed by atoms with Crippen molar-refractivity contribution in [2.45, 2.75) is 6.42 Å². The monoisotopic (exact) mass is 448 g/mol. The average Bonchev–Trinajstić information content (AvgIpc) is 3.19. The highest BCUT2D eigenvalue weighted by Gasteiger charge is 2.23. The molecule has 0 saturated heterocycles. The van der Waals surface area contributed by atoms with E-state index < -0.39 is 5.91 Å². The largest absolute Gasteiger partial charge is 0.497 e. The van der Waals surface area contributed by atoms with Crippen molar-refractivity contribution in [3.63, 3.8) is 0 Å². The molecule has 8 heteroatoms. The van der Waals surface area contributed by atoms with Crippen molar-refractivity contribution in [2.75, 3.05) is 24.9 Å². The highest BCUT2D eigenvalue weighted by Crippen LogP contribution is 2.34. The van der Waals surface area contributed by atoms with Gasteiger partial charge in [0, 0.05) is 11.5 Å². The van der Waals surface area contributed by atoms with Crippen LogP contribution in [0.2, 0.25) is 0 Å². The first-order chi connectivity index (χ1) is 16.0. The Bertz CT molecular complexity index is 1310. The molecule has 33 heavy (non-hydrogen) atoms. The van der Waals surface area contributed by atoms with Crippen LogP contribution in [-0.2, 0) is 11.2 Å². The number of amides is 2. The van der Waals surface area contributed by atoms with E-state index in [0.717, 1.165) is 0 Å². The molecule has 0 fully saturated rings. The summed E-state index contributed by atoms with van der Waals surface area (Å²) in [6.07, 6.45) is 0.00452. The van der Waals surface area contributed by atoms with Crippen molar-refractivity contribution in [3.8, 4) is 11.5 Å². The molecule has 0 aliphatic heterocycles. The number of hydrogen-bond acceptors (Lipinski definition) is 5. The molecule has 1 aromatic heterocycles. The maximum Gasteiger partial charge on any atom is 0.293 e. The van der Waals surface area contributed by atoms with E-state index >= 15 is 0 Å². The van der Waals surface area contributed by atoms with Crippen LogP contribution in [0.4, 0.5) is 15.8 Å². The third kappa shape index (κ3) is 4.79. The van der Waals surface area contributed by atoms with Gasteiger partial charge in [0.05, 0.1) is 26.3 Å². The molecular weight excluding hydrogens is 427 g/mol. The summed E-state index contributed by atoms with van der Waals surface area (Å²) in [5, 5.41) is 6.10. The topological polar surface area (TPSA) is 89.8 Å². The number of rotatable bonds is 7. The van der Waals surface area contributed by atoms with E-state index in [1.54, 1.807) is 42.5 Å². The summed E-state index contributed by atoms with van der Waals surface area (Å²) >= 11 is 0. The second kappa shape index (κ2) is 9.44. The van der Waals surface area contributed by atoms with Gasteiger partial charge in [0.25, 0.3) is 5.91 Å². The number of nitrogens with one attached hydrogen (secondary N) is 2. The minimum Gasteiger partial charge on any atom is -0.497 e. The number of para-hydroxylation sites is 1. The first kappa shape index (κ1) is 21.9. The number of carbonyl (C=O) groups is 2. The quantitative estimate of drug-likeness (QED) is 0.414. The third-order valence-electron chi connectivity index (χ3n) is 5.00. The summed E-state index contributed by atoms with van der Waals surface area (Å²) in [7, 11) is 3.00. The van der Waals surface area contributed by atoms with Crippen molar-refractivity contribution in [2.24, 2.45) is 0 Å². The van der Waals surface area contributed by atoms with Crippen molar-refractivity contribution in [1.82, 2.24) is 0 Å². The molecule has 4 aromatic rings. The molecule has 1 heterocycles. The first-order valence-corrected chi connectivity index (χ1v) is 10.1. The van der Waals surface area contributed by atoms with Crippen molar-refractivity contribution < 1.29 is 27.9 Å². The Balaban J connectivity index is 1.64. The van der Waals surface area contributed by atoms with Gasteiger partial charge in [-0.15, -0.1) is 0 Å². The number of carbonyl (C=O) groups excluding carboxylic acids is 2. The van der Waals surface area contributed by atoms with E-state index in [9.17, 15) is 14.0 Å². The molecule has 168 valence electrons. The lowest BCUT2D eigenvalue weighted by molar-refractivity contribution is -0.115. The van der Waals surface area contributed by atoms with Crippen molar-refractivity contribution in [3.05, 3.63) is 83.9 Å². The molecule has 0 radical (unpaired) electrons. The molecule has 2 amide bonds. The maximum atomic E-state index is 13.2.